The molecule has 0 saturated heterocycles. The van der Waals surface area contributed by atoms with Gasteiger partial charge in [-0.2, -0.15) is 0 Å². The fraction of sp³-hybridized carbons (Fsp3) is 0.667. The van der Waals surface area contributed by atoms with Crippen molar-refractivity contribution >= 4 is 0 Å². The average molecular weight is 291 g/mol. The first-order valence-electron chi connectivity index (χ1n) is 8.20. The predicted octanol–water partition coefficient (Wildman–Crippen LogP) is 4.19. The zero-order chi connectivity index (χ0) is 15.2. The van der Waals surface area contributed by atoms with E-state index in [1.165, 1.54) is 37.7 Å². The Labute approximate surface area is 128 Å². The lowest BCUT2D eigenvalue weighted by atomic mass is 10.1. The predicted molar refractivity (Wildman–Crippen MR) is 86.8 cm³/mol. The third kappa shape index (κ3) is 4.63. The molecule has 2 rings (SSSR count). The molecule has 0 heterocycles. The molecule has 1 aliphatic carbocycles. The van der Waals surface area contributed by atoms with Gasteiger partial charge in [-0.3, -0.25) is 4.90 Å². The Morgan fingerprint density at radius 1 is 1.29 bits per heavy atom. The van der Waals surface area contributed by atoms with Crippen molar-refractivity contribution in [3.63, 3.8) is 0 Å². The van der Waals surface area contributed by atoms with Gasteiger partial charge < -0.3 is 9.84 Å². The van der Waals surface area contributed by atoms with E-state index in [0.29, 0.717) is 5.75 Å². The van der Waals surface area contributed by atoms with E-state index >= 15 is 0 Å². The van der Waals surface area contributed by atoms with E-state index in [0.717, 1.165) is 25.0 Å². The van der Waals surface area contributed by atoms with Crippen LogP contribution in [0.3, 0.4) is 0 Å². The van der Waals surface area contributed by atoms with Gasteiger partial charge in [0.1, 0.15) is 0 Å². The Bertz CT molecular complexity index is 439. The normalized spacial score (nSPS) is 16.0. The first kappa shape index (κ1) is 16.2. The topological polar surface area (TPSA) is 32.7 Å². The second kappa shape index (κ2) is 7.69. The van der Waals surface area contributed by atoms with Gasteiger partial charge in [0.2, 0.25) is 0 Å². The van der Waals surface area contributed by atoms with Crippen LogP contribution >= 0.6 is 0 Å². The minimum atomic E-state index is 0.218. The van der Waals surface area contributed by atoms with E-state index < -0.39 is 0 Å². The maximum atomic E-state index is 9.72. The minimum absolute atomic E-state index is 0.218. The van der Waals surface area contributed by atoms with Crippen LogP contribution in [0.1, 0.15) is 51.5 Å². The summed E-state index contributed by atoms with van der Waals surface area (Å²) in [5.74, 6) is 1.53. The van der Waals surface area contributed by atoms with Crippen LogP contribution in [0, 0.1) is 5.92 Å². The van der Waals surface area contributed by atoms with E-state index in [-0.39, 0.29) is 5.75 Å². The molecule has 0 spiro atoms. The fourth-order valence-corrected chi connectivity index (χ4v) is 3.14. The molecule has 1 saturated carbocycles. The number of phenolic OH excluding ortho intramolecular Hbond substituents is 1. The lowest BCUT2D eigenvalue weighted by Gasteiger charge is -2.29. The Morgan fingerprint density at radius 2 is 2.00 bits per heavy atom. The number of benzene rings is 1. The number of aromatic hydroxyl groups is 1. The largest absolute Gasteiger partial charge is 0.504 e. The van der Waals surface area contributed by atoms with Crippen molar-refractivity contribution in [3.8, 4) is 11.5 Å². The number of ether oxygens (including phenoxy) is 1. The van der Waals surface area contributed by atoms with Crippen molar-refractivity contribution in [1.82, 2.24) is 4.90 Å². The molecule has 0 unspecified atom stereocenters. The maximum absolute atomic E-state index is 9.72. The SMILES string of the molecule is COc1cc(CN(CCC(C)C)C2CCCC2)ccc1O. The Kier molecular flexibility index (Phi) is 5.92. The number of hydrogen-bond donors (Lipinski definition) is 1. The van der Waals surface area contributed by atoms with Gasteiger partial charge in [-0.05, 0) is 49.4 Å². The summed E-state index contributed by atoms with van der Waals surface area (Å²) >= 11 is 0. The second-order valence-electron chi connectivity index (χ2n) is 6.60. The molecule has 0 radical (unpaired) electrons. The molecule has 1 aliphatic rings. The molecule has 118 valence electrons. The first-order chi connectivity index (χ1) is 10.1. The van der Waals surface area contributed by atoms with E-state index in [9.17, 15) is 5.11 Å². The summed E-state index contributed by atoms with van der Waals surface area (Å²) in [6.07, 6.45) is 6.62. The van der Waals surface area contributed by atoms with Crippen molar-refractivity contribution < 1.29 is 9.84 Å². The lowest BCUT2D eigenvalue weighted by Crippen LogP contribution is -2.34. The molecule has 0 bridgehead atoms. The van der Waals surface area contributed by atoms with Crippen molar-refractivity contribution in [2.75, 3.05) is 13.7 Å². The van der Waals surface area contributed by atoms with Crippen LogP contribution in [-0.2, 0) is 6.54 Å². The van der Waals surface area contributed by atoms with Crippen LogP contribution in [0.5, 0.6) is 11.5 Å². The highest BCUT2D eigenvalue weighted by atomic mass is 16.5. The number of methoxy groups -OCH3 is 1. The summed E-state index contributed by atoms with van der Waals surface area (Å²) in [5, 5.41) is 9.72. The van der Waals surface area contributed by atoms with E-state index in [1.807, 2.05) is 12.1 Å². The highest BCUT2D eigenvalue weighted by Gasteiger charge is 2.22. The monoisotopic (exact) mass is 291 g/mol. The van der Waals surface area contributed by atoms with Gasteiger partial charge in [0.25, 0.3) is 0 Å². The molecular weight excluding hydrogens is 262 g/mol. The van der Waals surface area contributed by atoms with Crippen LogP contribution in [-0.4, -0.2) is 29.7 Å². The summed E-state index contributed by atoms with van der Waals surface area (Å²) in [6.45, 7) is 6.69. The molecule has 21 heavy (non-hydrogen) atoms. The van der Waals surface area contributed by atoms with Crippen LogP contribution in [0.25, 0.3) is 0 Å². The molecule has 0 aromatic heterocycles. The summed E-state index contributed by atoms with van der Waals surface area (Å²) < 4.78 is 5.22. The molecule has 1 N–H and O–H groups in total. The summed E-state index contributed by atoms with van der Waals surface area (Å²) in [5.41, 5.74) is 1.22. The Balaban J connectivity index is 2.06. The lowest BCUT2D eigenvalue weighted by molar-refractivity contribution is 0.179. The first-order valence-corrected chi connectivity index (χ1v) is 8.20. The highest BCUT2D eigenvalue weighted by Crippen LogP contribution is 2.29. The van der Waals surface area contributed by atoms with Crippen molar-refractivity contribution in [2.45, 2.75) is 58.5 Å². The van der Waals surface area contributed by atoms with Crippen molar-refractivity contribution in [2.24, 2.45) is 5.92 Å². The van der Waals surface area contributed by atoms with Crippen molar-refractivity contribution in [3.05, 3.63) is 23.8 Å². The number of nitrogens with zero attached hydrogens (tertiary/aromatic N) is 1. The smallest absolute Gasteiger partial charge is 0.160 e. The molecule has 0 amide bonds. The molecule has 1 fully saturated rings. The van der Waals surface area contributed by atoms with Gasteiger partial charge in [0.05, 0.1) is 7.11 Å². The summed E-state index contributed by atoms with van der Waals surface area (Å²) in [6, 6.07) is 6.44. The van der Waals surface area contributed by atoms with Gasteiger partial charge >= 0.3 is 0 Å². The van der Waals surface area contributed by atoms with Gasteiger partial charge in [-0.15, -0.1) is 0 Å². The van der Waals surface area contributed by atoms with E-state index in [4.69, 9.17) is 4.74 Å². The van der Waals surface area contributed by atoms with Crippen molar-refractivity contribution in [1.29, 1.82) is 0 Å². The molecule has 0 atom stereocenters. The number of phenols is 1. The Morgan fingerprint density at radius 3 is 2.62 bits per heavy atom. The van der Waals surface area contributed by atoms with E-state index in [1.54, 1.807) is 13.2 Å². The average Bonchev–Trinajstić information content (AvgIpc) is 2.99. The van der Waals surface area contributed by atoms with Crippen LogP contribution < -0.4 is 4.74 Å². The zero-order valence-corrected chi connectivity index (χ0v) is 13.6. The fourth-order valence-electron chi connectivity index (χ4n) is 3.14. The molecule has 1 aromatic rings. The van der Waals surface area contributed by atoms with Gasteiger partial charge in [-0.1, -0.05) is 32.8 Å². The van der Waals surface area contributed by atoms with Gasteiger partial charge in [-0.25, -0.2) is 0 Å². The minimum Gasteiger partial charge on any atom is -0.504 e. The van der Waals surface area contributed by atoms with Gasteiger partial charge in [0.15, 0.2) is 11.5 Å². The van der Waals surface area contributed by atoms with Crippen LogP contribution in [0.2, 0.25) is 0 Å². The zero-order valence-electron chi connectivity index (χ0n) is 13.6. The molecular formula is C18H29NO2. The molecule has 3 nitrogen and oxygen atoms in total. The van der Waals surface area contributed by atoms with Gasteiger partial charge in [0, 0.05) is 12.6 Å². The van der Waals surface area contributed by atoms with E-state index in [2.05, 4.69) is 18.7 Å². The molecule has 0 aliphatic heterocycles. The second-order valence-corrected chi connectivity index (χ2v) is 6.60. The summed E-state index contributed by atoms with van der Waals surface area (Å²) in [4.78, 5) is 2.62. The standard InChI is InChI=1S/C18H29NO2/c1-14(2)10-11-19(16-6-4-5-7-16)13-15-8-9-17(20)18(12-15)21-3/h8-9,12,14,16,20H,4-7,10-11,13H2,1-3H3. The van der Waals surface area contributed by atoms with Crippen LogP contribution in [0.15, 0.2) is 18.2 Å². The third-order valence-electron chi connectivity index (χ3n) is 4.46. The third-order valence-corrected chi connectivity index (χ3v) is 4.46. The Hall–Kier alpha value is -1.22. The quantitative estimate of drug-likeness (QED) is 0.817. The molecule has 1 aromatic carbocycles. The number of hydrogen-bond acceptors (Lipinski definition) is 3. The van der Waals surface area contributed by atoms with Crippen LogP contribution in [0.4, 0.5) is 0 Å². The highest BCUT2D eigenvalue weighted by molar-refractivity contribution is 5.41. The number of rotatable bonds is 7. The summed E-state index contributed by atoms with van der Waals surface area (Å²) in [7, 11) is 1.60. The maximum Gasteiger partial charge on any atom is 0.160 e. The molecule has 3 heteroatoms.